The Labute approximate surface area is 92.6 Å². The molecule has 3 heteroatoms. The number of nitrogens with one attached hydrogen (secondary N) is 2. The molecule has 0 aromatic heterocycles. The van der Waals surface area contributed by atoms with Crippen LogP contribution in [0.4, 0.5) is 0 Å². The molecule has 1 aliphatic heterocycles. The molecular formula is C12H22N2O. The van der Waals surface area contributed by atoms with E-state index in [1.165, 1.54) is 0 Å². The van der Waals surface area contributed by atoms with Gasteiger partial charge in [-0.05, 0) is 12.8 Å². The van der Waals surface area contributed by atoms with Gasteiger partial charge in [0.2, 0.25) is 0 Å². The van der Waals surface area contributed by atoms with Crippen molar-refractivity contribution in [3.05, 3.63) is 25.3 Å². The Hall–Kier alpha value is -0.640. The minimum atomic E-state index is 0.375. The van der Waals surface area contributed by atoms with Gasteiger partial charge in [-0.3, -0.25) is 0 Å². The zero-order valence-corrected chi connectivity index (χ0v) is 9.37. The summed E-state index contributed by atoms with van der Waals surface area (Å²) < 4.78 is 5.86. The van der Waals surface area contributed by atoms with Crippen molar-refractivity contribution in [3.8, 4) is 0 Å². The third-order valence-electron chi connectivity index (χ3n) is 2.52. The first kappa shape index (κ1) is 12.4. The zero-order valence-electron chi connectivity index (χ0n) is 9.37. The summed E-state index contributed by atoms with van der Waals surface area (Å²) in [4.78, 5) is 0. The topological polar surface area (TPSA) is 33.3 Å². The van der Waals surface area contributed by atoms with Crippen molar-refractivity contribution in [1.29, 1.82) is 0 Å². The van der Waals surface area contributed by atoms with Crippen LogP contribution in [0.25, 0.3) is 0 Å². The van der Waals surface area contributed by atoms with Crippen molar-refractivity contribution < 1.29 is 4.74 Å². The lowest BCUT2D eigenvalue weighted by Crippen LogP contribution is -2.30. The first-order chi connectivity index (χ1) is 7.36. The van der Waals surface area contributed by atoms with E-state index in [0.29, 0.717) is 12.2 Å². The van der Waals surface area contributed by atoms with E-state index in [2.05, 4.69) is 23.8 Å². The van der Waals surface area contributed by atoms with Gasteiger partial charge in [0.1, 0.15) is 0 Å². The Morgan fingerprint density at radius 1 is 1.00 bits per heavy atom. The summed E-state index contributed by atoms with van der Waals surface area (Å²) in [6.45, 7) is 10.9. The minimum Gasteiger partial charge on any atom is -0.372 e. The summed E-state index contributed by atoms with van der Waals surface area (Å²) >= 11 is 0. The largest absolute Gasteiger partial charge is 0.372 e. The van der Waals surface area contributed by atoms with Gasteiger partial charge in [0.05, 0.1) is 12.2 Å². The molecule has 2 atom stereocenters. The quantitative estimate of drug-likeness (QED) is 0.465. The fraction of sp³-hybridized carbons (Fsp3) is 0.667. The van der Waals surface area contributed by atoms with Crippen molar-refractivity contribution in [1.82, 2.24) is 10.6 Å². The zero-order chi connectivity index (χ0) is 10.9. The molecule has 0 amide bonds. The highest BCUT2D eigenvalue weighted by molar-refractivity contribution is 4.80. The number of hydrogen-bond acceptors (Lipinski definition) is 3. The summed E-state index contributed by atoms with van der Waals surface area (Å²) in [5.74, 6) is 0. The lowest BCUT2D eigenvalue weighted by molar-refractivity contribution is 0.0468. The van der Waals surface area contributed by atoms with Gasteiger partial charge < -0.3 is 15.4 Å². The van der Waals surface area contributed by atoms with E-state index in [0.717, 1.165) is 39.0 Å². The second-order valence-electron chi connectivity index (χ2n) is 3.85. The maximum atomic E-state index is 5.86. The van der Waals surface area contributed by atoms with E-state index >= 15 is 0 Å². The maximum Gasteiger partial charge on any atom is 0.0704 e. The normalized spacial score (nSPS) is 25.3. The van der Waals surface area contributed by atoms with E-state index in [1.807, 2.05) is 12.2 Å². The Kier molecular flexibility index (Phi) is 6.32. The van der Waals surface area contributed by atoms with Gasteiger partial charge in [-0.15, -0.1) is 13.2 Å². The van der Waals surface area contributed by atoms with Crippen molar-refractivity contribution in [2.45, 2.75) is 25.0 Å². The van der Waals surface area contributed by atoms with E-state index in [4.69, 9.17) is 4.74 Å². The SMILES string of the molecule is C=CCNCC1CCC(CNCC=C)O1. The van der Waals surface area contributed by atoms with Crippen LogP contribution in [0, 0.1) is 0 Å². The molecule has 0 aromatic rings. The molecule has 0 bridgehead atoms. The molecule has 3 nitrogen and oxygen atoms in total. The molecule has 1 saturated heterocycles. The first-order valence-electron chi connectivity index (χ1n) is 5.65. The summed E-state index contributed by atoms with van der Waals surface area (Å²) in [5.41, 5.74) is 0. The molecule has 1 fully saturated rings. The third kappa shape index (κ3) is 5.11. The lowest BCUT2D eigenvalue weighted by Gasteiger charge is -2.14. The van der Waals surface area contributed by atoms with Crippen LogP contribution < -0.4 is 10.6 Å². The van der Waals surface area contributed by atoms with E-state index in [1.54, 1.807) is 0 Å². The van der Waals surface area contributed by atoms with Crippen molar-refractivity contribution in [2.75, 3.05) is 26.2 Å². The number of ether oxygens (including phenoxy) is 1. The lowest BCUT2D eigenvalue weighted by atomic mass is 10.2. The Morgan fingerprint density at radius 3 is 1.87 bits per heavy atom. The average molecular weight is 210 g/mol. The van der Waals surface area contributed by atoms with Crippen LogP contribution in [-0.2, 0) is 4.74 Å². The molecule has 86 valence electrons. The van der Waals surface area contributed by atoms with Gasteiger partial charge in [0, 0.05) is 26.2 Å². The Morgan fingerprint density at radius 2 is 1.47 bits per heavy atom. The molecule has 1 heterocycles. The fourth-order valence-electron chi connectivity index (χ4n) is 1.77. The molecule has 15 heavy (non-hydrogen) atoms. The van der Waals surface area contributed by atoms with E-state index in [-0.39, 0.29) is 0 Å². The monoisotopic (exact) mass is 210 g/mol. The van der Waals surface area contributed by atoms with Crippen LogP contribution in [0.15, 0.2) is 25.3 Å². The predicted molar refractivity (Wildman–Crippen MR) is 64.0 cm³/mol. The highest BCUT2D eigenvalue weighted by atomic mass is 16.5. The molecule has 1 rings (SSSR count). The summed E-state index contributed by atoms with van der Waals surface area (Å²) in [6.07, 6.45) is 6.81. The van der Waals surface area contributed by atoms with Crippen LogP contribution in [0.1, 0.15) is 12.8 Å². The summed E-state index contributed by atoms with van der Waals surface area (Å²) in [7, 11) is 0. The van der Waals surface area contributed by atoms with Gasteiger partial charge in [-0.25, -0.2) is 0 Å². The van der Waals surface area contributed by atoms with Crippen molar-refractivity contribution in [3.63, 3.8) is 0 Å². The minimum absolute atomic E-state index is 0.375. The van der Waals surface area contributed by atoms with Gasteiger partial charge in [0.25, 0.3) is 0 Å². The van der Waals surface area contributed by atoms with Crippen LogP contribution in [0.5, 0.6) is 0 Å². The second-order valence-corrected chi connectivity index (χ2v) is 3.85. The highest BCUT2D eigenvalue weighted by Gasteiger charge is 2.23. The van der Waals surface area contributed by atoms with E-state index in [9.17, 15) is 0 Å². The predicted octanol–water partition coefficient (Wildman–Crippen LogP) is 1.09. The molecule has 0 aromatic carbocycles. The molecular weight excluding hydrogens is 188 g/mol. The summed E-state index contributed by atoms with van der Waals surface area (Å²) in [5, 5.41) is 6.57. The number of rotatable bonds is 8. The molecule has 0 saturated carbocycles. The van der Waals surface area contributed by atoms with Gasteiger partial charge >= 0.3 is 0 Å². The number of hydrogen-bond donors (Lipinski definition) is 2. The van der Waals surface area contributed by atoms with E-state index < -0.39 is 0 Å². The maximum absolute atomic E-state index is 5.86. The van der Waals surface area contributed by atoms with Crippen LogP contribution in [0.3, 0.4) is 0 Å². The smallest absolute Gasteiger partial charge is 0.0704 e. The van der Waals surface area contributed by atoms with Gasteiger partial charge in [0.15, 0.2) is 0 Å². The molecule has 1 aliphatic rings. The van der Waals surface area contributed by atoms with Crippen molar-refractivity contribution >= 4 is 0 Å². The van der Waals surface area contributed by atoms with Gasteiger partial charge in [-0.2, -0.15) is 0 Å². The Bertz CT molecular complexity index is 174. The average Bonchev–Trinajstić information content (AvgIpc) is 2.67. The summed E-state index contributed by atoms with van der Waals surface area (Å²) in [6, 6.07) is 0. The standard InChI is InChI=1S/C12H22N2O/c1-3-7-13-9-11-5-6-12(15-11)10-14-8-4-2/h3-4,11-14H,1-2,5-10H2. The van der Waals surface area contributed by atoms with Crippen LogP contribution in [0.2, 0.25) is 0 Å². The Balaban J connectivity index is 2.04. The molecule has 2 N–H and O–H groups in total. The molecule has 2 unspecified atom stereocenters. The third-order valence-corrected chi connectivity index (χ3v) is 2.52. The van der Waals surface area contributed by atoms with Crippen LogP contribution in [-0.4, -0.2) is 38.4 Å². The second kappa shape index (κ2) is 7.63. The molecule has 0 radical (unpaired) electrons. The van der Waals surface area contributed by atoms with Crippen molar-refractivity contribution in [2.24, 2.45) is 0 Å². The van der Waals surface area contributed by atoms with Crippen LogP contribution >= 0.6 is 0 Å². The highest BCUT2D eigenvalue weighted by Crippen LogP contribution is 2.18. The first-order valence-corrected chi connectivity index (χ1v) is 5.65. The molecule has 0 aliphatic carbocycles. The molecule has 0 spiro atoms. The van der Waals surface area contributed by atoms with Gasteiger partial charge in [-0.1, -0.05) is 12.2 Å². The fourth-order valence-corrected chi connectivity index (χ4v) is 1.77.